The Morgan fingerprint density at radius 2 is 0.391 bits per heavy atom. The summed E-state index contributed by atoms with van der Waals surface area (Å²) < 4.78 is 14.5. The number of hydrogen-bond donors (Lipinski definition) is 0. The van der Waals surface area contributed by atoms with E-state index < -0.39 is 0 Å². The van der Waals surface area contributed by atoms with Gasteiger partial charge in [0.25, 0.3) is 0 Å². The fourth-order valence-corrected chi connectivity index (χ4v) is 22.4. The molecule has 138 heavy (non-hydrogen) atoms. The maximum atomic E-state index is 2.54. The lowest BCUT2D eigenvalue weighted by Crippen LogP contribution is -1.99. The van der Waals surface area contributed by atoms with Gasteiger partial charge in [0.1, 0.15) is 0 Å². The van der Waals surface area contributed by atoms with Gasteiger partial charge in [-0.3, -0.25) is 0 Å². The van der Waals surface area contributed by atoms with Gasteiger partial charge in [-0.05, 0) is 214 Å². The van der Waals surface area contributed by atoms with Crippen LogP contribution >= 0.6 is 0 Å². The molecule has 0 unspecified atom stereocenters. The molecule has 0 amide bonds. The lowest BCUT2D eigenvalue weighted by atomic mass is 9.90. The van der Waals surface area contributed by atoms with Crippen LogP contribution in [0.3, 0.4) is 0 Å². The van der Waals surface area contributed by atoms with Crippen LogP contribution in [0.25, 0.3) is 253 Å². The first-order chi connectivity index (χ1) is 68.5. The predicted octanol–water partition coefficient (Wildman–Crippen LogP) is 35.4. The minimum atomic E-state index is 1.15. The molecule has 29 rings (SSSR count). The van der Waals surface area contributed by atoms with E-state index in [0.29, 0.717) is 0 Å². The highest BCUT2D eigenvalue weighted by atomic mass is 15.0. The monoisotopic (exact) mass is 1750 g/mol. The van der Waals surface area contributed by atoms with E-state index in [9.17, 15) is 0 Å². The first kappa shape index (κ1) is 79.4. The number of aromatic nitrogens is 6. The van der Waals surface area contributed by atoms with Crippen molar-refractivity contribution in [3.05, 3.63) is 522 Å². The molecule has 6 heterocycles. The molecule has 0 aliphatic heterocycles. The molecular formula is C132H86N6. The molecule has 29 aromatic rings. The Labute approximate surface area is 796 Å². The molecule has 0 saturated carbocycles. The Bertz CT molecular complexity index is 9700. The topological polar surface area (TPSA) is 29.6 Å². The summed E-state index contributed by atoms with van der Waals surface area (Å²) in [7, 11) is 0. The standard InChI is InChI=1S/2C46H30N2.C40H26N2/c1-3-13-31(14-4-1)32-23-25-34(26-24-32)47-30-29-41-42(47)28-27-40-35-17-11-12-22-43(35)48(46(40)41)45-38-20-9-7-18-36(38)44(33-15-5-2-6-16-33)37-19-8-10-21-39(37)45;1-2-11-31(12-3-1)32-21-23-36(24-22-32)47-28-27-42-43(47)26-25-41-40-19-8-9-20-44(40)48(46(41)42)37-16-10-15-35(30-37)45-38-17-6-4-13-33(38)29-34-14-5-7-18-39(34)45;1-2-10-27(11-3-1)28-18-20-31(21-19-28)41-25-24-36-37(41)23-22-35-34-16-8-9-17-38(34)42(40(35)36)39-32-14-6-4-12-29(32)26-30-13-5-7-15-33(30)39/h2*1-30H;1-26H. The SMILES string of the molecule is c1ccc(-c2ccc(-n3ccc4c3ccc3c5ccccc5n(-c5c6ccccc6c(-c6ccccc6)c6ccccc56)c34)cc2)cc1.c1ccc(-c2ccc(-n3ccc4c3ccc3c5ccccc5n(-c5c6ccccc6cc6ccccc56)c34)cc2)cc1.c1ccc(-c2ccc(-n3ccc4c3ccc3c5ccccc5n(-c5cccc(-c6c7ccccc7cc7ccccc67)c5)c34)cc2)cc1. The predicted molar refractivity (Wildman–Crippen MR) is 585 cm³/mol. The Morgan fingerprint density at radius 3 is 0.768 bits per heavy atom. The zero-order chi connectivity index (χ0) is 90.8. The molecule has 0 fully saturated rings. The maximum absolute atomic E-state index is 2.54. The summed E-state index contributed by atoms with van der Waals surface area (Å²) in [4.78, 5) is 0. The van der Waals surface area contributed by atoms with Crippen molar-refractivity contribution in [2.24, 2.45) is 0 Å². The van der Waals surface area contributed by atoms with Crippen LogP contribution in [-0.2, 0) is 0 Å². The molecule has 0 saturated heterocycles. The summed E-state index contributed by atoms with van der Waals surface area (Å²) >= 11 is 0. The summed E-state index contributed by atoms with van der Waals surface area (Å²) in [5.74, 6) is 0. The van der Waals surface area contributed by atoms with E-state index in [0.717, 1.165) is 22.7 Å². The third-order valence-corrected chi connectivity index (χ3v) is 28.6. The van der Waals surface area contributed by atoms with E-state index in [4.69, 9.17) is 0 Å². The fourth-order valence-electron chi connectivity index (χ4n) is 22.4. The van der Waals surface area contributed by atoms with Crippen molar-refractivity contribution < 1.29 is 0 Å². The molecule has 0 N–H and O–H groups in total. The van der Waals surface area contributed by atoms with Gasteiger partial charge >= 0.3 is 0 Å². The minimum Gasteiger partial charge on any atom is -0.316 e. The van der Waals surface area contributed by atoms with Gasteiger partial charge in [0.15, 0.2) is 0 Å². The van der Waals surface area contributed by atoms with Gasteiger partial charge in [-0.25, -0.2) is 0 Å². The van der Waals surface area contributed by atoms with Crippen LogP contribution in [0.2, 0.25) is 0 Å². The van der Waals surface area contributed by atoms with Gasteiger partial charge in [-0.15, -0.1) is 0 Å². The van der Waals surface area contributed by atoms with Crippen molar-refractivity contribution in [3.8, 4) is 89.8 Å². The summed E-state index contributed by atoms with van der Waals surface area (Å²) in [6.45, 7) is 0. The largest absolute Gasteiger partial charge is 0.316 e. The van der Waals surface area contributed by atoms with Crippen LogP contribution in [0.4, 0.5) is 0 Å². The Hall–Kier alpha value is -18.4. The van der Waals surface area contributed by atoms with E-state index in [1.165, 1.54) is 230 Å². The molecule has 644 valence electrons. The van der Waals surface area contributed by atoms with E-state index in [1.54, 1.807) is 0 Å². The van der Waals surface area contributed by atoms with Gasteiger partial charge in [0, 0.05) is 111 Å². The van der Waals surface area contributed by atoms with Crippen molar-refractivity contribution in [1.29, 1.82) is 0 Å². The molecule has 6 nitrogen and oxygen atoms in total. The molecule has 0 radical (unpaired) electrons. The first-order valence-electron chi connectivity index (χ1n) is 47.5. The van der Waals surface area contributed by atoms with Crippen LogP contribution in [0.1, 0.15) is 0 Å². The van der Waals surface area contributed by atoms with E-state index in [1.807, 2.05) is 0 Å². The highest BCUT2D eigenvalue weighted by molar-refractivity contribution is 6.26. The van der Waals surface area contributed by atoms with E-state index in [2.05, 4.69) is 550 Å². The Kier molecular flexibility index (Phi) is 18.9. The second-order valence-corrected chi connectivity index (χ2v) is 36.1. The van der Waals surface area contributed by atoms with Crippen molar-refractivity contribution in [2.45, 2.75) is 0 Å². The zero-order valence-electron chi connectivity index (χ0n) is 75.3. The Balaban J connectivity index is 0.000000105. The Morgan fingerprint density at radius 1 is 0.123 bits per heavy atom. The average Bonchev–Trinajstić information content (AvgIpc) is 1.51. The lowest BCUT2D eigenvalue weighted by Gasteiger charge is -2.19. The quantitative estimate of drug-likeness (QED) is 0.116. The number of benzene rings is 23. The summed E-state index contributed by atoms with van der Waals surface area (Å²) in [6, 6.07) is 183. The van der Waals surface area contributed by atoms with Crippen molar-refractivity contribution in [3.63, 3.8) is 0 Å². The maximum Gasteiger partial charge on any atom is 0.0635 e. The van der Waals surface area contributed by atoms with Gasteiger partial charge in [0.05, 0.1) is 61.0 Å². The molecule has 0 aliphatic rings. The second-order valence-electron chi connectivity index (χ2n) is 36.1. The van der Waals surface area contributed by atoms with E-state index in [-0.39, 0.29) is 0 Å². The highest BCUT2D eigenvalue weighted by Gasteiger charge is 2.27. The third-order valence-electron chi connectivity index (χ3n) is 28.6. The number of para-hydroxylation sites is 3. The molecule has 0 aliphatic carbocycles. The summed E-state index contributed by atoms with van der Waals surface area (Å²) in [5, 5.41) is 26.4. The zero-order valence-corrected chi connectivity index (χ0v) is 75.3. The minimum absolute atomic E-state index is 1.15. The highest BCUT2D eigenvalue weighted by Crippen LogP contribution is 2.49. The molecule has 23 aromatic carbocycles. The van der Waals surface area contributed by atoms with Gasteiger partial charge in [-0.1, -0.05) is 388 Å². The number of fused-ring (bicyclic) bond motifs is 21. The summed E-state index contributed by atoms with van der Waals surface area (Å²) in [5.41, 5.74) is 30.4. The number of hydrogen-bond acceptors (Lipinski definition) is 0. The molecule has 0 bridgehead atoms. The van der Waals surface area contributed by atoms with Crippen molar-refractivity contribution >= 4 is 163 Å². The van der Waals surface area contributed by atoms with Crippen molar-refractivity contribution in [1.82, 2.24) is 27.4 Å². The van der Waals surface area contributed by atoms with Crippen LogP contribution < -0.4 is 0 Å². The normalized spacial score (nSPS) is 11.8. The van der Waals surface area contributed by atoms with E-state index >= 15 is 0 Å². The lowest BCUT2D eigenvalue weighted by molar-refractivity contribution is 1.13. The van der Waals surface area contributed by atoms with Crippen LogP contribution in [0.15, 0.2) is 522 Å². The molecule has 0 spiro atoms. The van der Waals surface area contributed by atoms with Crippen LogP contribution in [-0.4, -0.2) is 27.4 Å². The average molecular weight is 1760 g/mol. The van der Waals surface area contributed by atoms with Crippen LogP contribution in [0.5, 0.6) is 0 Å². The van der Waals surface area contributed by atoms with Crippen molar-refractivity contribution in [2.75, 3.05) is 0 Å². The smallest absolute Gasteiger partial charge is 0.0635 e. The van der Waals surface area contributed by atoms with Gasteiger partial charge in [-0.2, -0.15) is 0 Å². The second kappa shape index (κ2) is 32.8. The fraction of sp³-hybridized carbons (Fsp3) is 0. The third kappa shape index (κ3) is 13.0. The summed E-state index contributed by atoms with van der Waals surface area (Å²) in [6.07, 6.45) is 6.64. The first-order valence-corrected chi connectivity index (χ1v) is 47.5. The molecule has 0 atom stereocenters. The number of nitrogens with zero attached hydrogens (tertiary/aromatic N) is 6. The molecule has 6 heteroatoms. The van der Waals surface area contributed by atoms with Crippen LogP contribution in [0, 0.1) is 0 Å². The molecule has 6 aromatic heterocycles. The van der Waals surface area contributed by atoms with Gasteiger partial charge in [0.2, 0.25) is 0 Å². The molecular weight excluding hydrogens is 1670 g/mol. The number of rotatable bonds is 11. The van der Waals surface area contributed by atoms with Gasteiger partial charge < -0.3 is 27.4 Å².